The fraction of sp³-hybridized carbons (Fsp3) is 0. The minimum Gasteiger partial charge on any atom is -0.310 e. The predicted octanol–water partition coefficient (Wildman–Crippen LogP) is 19.0. The third-order valence-electron chi connectivity index (χ3n) is 14.5. The second kappa shape index (κ2) is 16.2. The van der Waals surface area contributed by atoms with Gasteiger partial charge >= 0.3 is 0 Å². The second-order valence-electron chi connectivity index (χ2n) is 18.4. The van der Waals surface area contributed by atoms with Gasteiger partial charge in [0.1, 0.15) is 0 Å². The maximum Gasteiger partial charge on any atom is 0.0626 e. The molecule has 2 heterocycles. The van der Waals surface area contributed by atoms with Crippen LogP contribution in [0.15, 0.2) is 267 Å². The minimum absolute atomic E-state index is 1.08. The SMILES string of the molecule is c1ccc(-c2cc(-c3ccccc3)cc(N(c3ccc(-c4cccc5c6ccccc6c6c(-c7ccccc7)c7ccccc7n6c45)cc3)c3ccc4c5ccccc5c5ccccc5c4c3)c2)cc1. The molecule has 12 aromatic carbocycles. The summed E-state index contributed by atoms with van der Waals surface area (Å²) in [6, 6.07) is 98.1. The highest BCUT2D eigenvalue weighted by molar-refractivity contribution is 6.26. The molecular weight excluding hydrogens is 845 g/mol. The van der Waals surface area contributed by atoms with E-state index in [1.807, 2.05) is 0 Å². The molecule has 2 aromatic heterocycles. The highest BCUT2D eigenvalue weighted by Gasteiger charge is 2.23. The lowest BCUT2D eigenvalue weighted by Crippen LogP contribution is -2.10. The zero-order valence-electron chi connectivity index (χ0n) is 38.3. The van der Waals surface area contributed by atoms with E-state index in [-0.39, 0.29) is 0 Å². The Kier molecular flexibility index (Phi) is 9.25. The Labute approximate surface area is 406 Å². The van der Waals surface area contributed by atoms with Crippen molar-refractivity contribution in [2.75, 3.05) is 4.90 Å². The molecule has 0 radical (unpaired) electrons. The lowest BCUT2D eigenvalue weighted by molar-refractivity contribution is 1.29. The van der Waals surface area contributed by atoms with E-state index in [0.717, 1.165) is 33.8 Å². The maximum absolute atomic E-state index is 2.54. The van der Waals surface area contributed by atoms with Crippen LogP contribution in [0.1, 0.15) is 0 Å². The Balaban J connectivity index is 1.02. The summed E-state index contributed by atoms with van der Waals surface area (Å²) in [5, 5.41) is 12.5. The summed E-state index contributed by atoms with van der Waals surface area (Å²) in [6.07, 6.45) is 0. The first-order chi connectivity index (χ1) is 34.7. The van der Waals surface area contributed by atoms with Gasteiger partial charge in [0.05, 0.1) is 16.6 Å². The van der Waals surface area contributed by atoms with Gasteiger partial charge in [-0.2, -0.15) is 0 Å². The molecule has 326 valence electrons. The summed E-state index contributed by atoms with van der Waals surface area (Å²) in [5.74, 6) is 0. The fourth-order valence-electron chi connectivity index (χ4n) is 11.4. The van der Waals surface area contributed by atoms with Crippen molar-refractivity contribution in [3.05, 3.63) is 267 Å². The maximum atomic E-state index is 2.54. The highest BCUT2D eigenvalue weighted by atomic mass is 15.1. The summed E-state index contributed by atoms with van der Waals surface area (Å²) in [4.78, 5) is 2.45. The monoisotopic (exact) mass is 888 g/mol. The van der Waals surface area contributed by atoms with Crippen LogP contribution in [0, 0.1) is 0 Å². The molecule has 0 bridgehead atoms. The lowest BCUT2D eigenvalue weighted by Gasteiger charge is -2.28. The van der Waals surface area contributed by atoms with Crippen LogP contribution in [0.4, 0.5) is 17.1 Å². The molecule has 0 fully saturated rings. The first-order valence-corrected chi connectivity index (χ1v) is 24.2. The van der Waals surface area contributed by atoms with E-state index in [4.69, 9.17) is 0 Å². The molecule has 0 aliphatic carbocycles. The minimum atomic E-state index is 1.08. The number of nitrogens with zero attached hydrogens (tertiary/aromatic N) is 2. The summed E-state index contributed by atoms with van der Waals surface area (Å²) in [7, 11) is 0. The van der Waals surface area contributed by atoms with Crippen LogP contribution in [0.2, 0.25) is 0 Å². The predicted molar refractivity (Wildman–Crippen MR) is 299 cm³/mol. The van der Waals surface area contributed by atoms with E-state index < -0.39 is 0 Å². The summed E-state index contributed by atoms with van der Waals surface area (Å²) in [6.45, 7) is 0. The number of pyridine rings is 1. The molecule has 0 unspecified atom stereocenters. The molecule has 2 heteroatoms. The fourth-order valence-corrected chi connectivity index (χ4v) is 11.4. The highest BCUT2D eigenvalue weighted by Crippen LogP contribution is 2.47. The van der Waals surface area contributed by atoms with Crippen LogP contribution in [-0.4, -0.2) is 4.40 Å². The standard InChI is InChI=1S/C68H44N2/c1-4-19-45(20-5-1)49-41-50(46-21-6-2-7-22-46)43-53(42-49)69(52-39-40-60-57-27-11-10-25-55(57)56-26-12-13-28-58(56)64(60)44-52)51-37-35-47(36-38-51)54-32-18-33-61-59-29-14-15-30-62(59)68-66(48-23-8-3-9-24-48)63-31-16-17-34-65(63)70(68)67(54)61/h1-44H. The quantitative estimate of drug-likeness (QED) is 0.145. The summed E-state index contributed by atoms with van der Waals surface area (Å²) in [5.41, 5.74) is 16.4. The van der Waals surface area contributed by atoms with Crippen LogP contribution in [0.3, 0.4) is 0 Å². The van der Waals surface area contributed by atoms with Gasteiger partial charge in [-0.3, -0.25) is 0 Å². The Morgan fingerprint density at radius 1 is 0.229 bits per heavy atom. The number of benzene rings is 12. The number of hydrogen-bond donors (Lipinski definition) is 0. The number of anilines is 3. The van der Waals surface area contributed by atoms with E-state index in [1.54, 1.807) is 0 Å². The molecule has 0 atom stereocenters. The van der Waals surface area contributed by atoms with Crippen molar-refractivity contribution in [3.63, 3.8) is 0 Å². The zero-order valence-corrected chi connectivity index (χ0v) is 38.3. The van der Waals surface area contributed by atoms with Gasteiger partial charge in [0, 0.05) is 44.3 Å². The Morgan fingerprint density at radius 2 is 0.671 bits per heavy atom. The van der Waals surface area contributed by atoms with E-state index in [9.17, 15) is 0 Å². The van der Waals surface area contributed by atoms with Gasteiger partial charge in [0.2, 0.25) is 0 Å². The third kappa shape index (κ3) is 6.35. The second-order valence-corrected chi connectivity index (χ2v) is 18.4. The van der Waals surface area contributed by atoms with Gasteiger partial charge in [-0.1, -0.05) is 218 Å². The first-order valence-electron chi connectivity index (χ1n) is 24.2. The molecule has 0 aliphatic rings. The average molecular weight is 889 g/mol. The smallest absolute Gasteiger partial charge is 0.0626 e. The van der Waals surface area contributed by atoms with Gasteiger partial charge in [0.25, 0.3) is 0 Å². The Morgan fingerprint density at radius 3 is 1.27 bits per heavy atom. The largest absolute Gasteiger partial charge is 0.310 e. The Bertz CT molecular complexity index is 4230. The molecular formula is C68H44N2. The average Bonchev–Trinajstić information content (AvgIpc) is 3.79. The molecule has 0 N–H and O–H groups in total. The molecule has 70 heavy (non-hydrogen) atoms. The summed E-state index contributed by atoms with van der Waals surface area (Å²) < 4.78 is 2.54. The van der Waals surface area contributed by atoms with Crippen LogP contribution in [0.25, 0.3) is 115 Å². The molecule has 14 aromatic rings. The zero-order chi connectivity index (χ0) is 46.1. The van der Waals surface area contributed by atoms with Crippen LogP contribution < -0.4 is 4.90 Å². The van der Waals surface area contributed by atoms with Crippen molar-refractivity contribution in [2.24, 2.45) is 0 Å². The van der Waals surface area contributed by atoms with Crippen LogP contribution in [-0.2, 0) is 0 Å². The molecule has 14 rings (SSSR count). The number of rotatable bonds is 7. The van der Waals surface area contributed by atoms with Crippen molar-refractivity contribution >= 4 is 87.5 Å². The first kappa shape index (κ1) is 39.9. The molecule has 0 amide bonds. The van der Waals surface area contributed by atoms with Crippen molar-refractivity contribution in [3.8, 4) is 44.5 Å². The lowest BCUT2D eigenvalue weighted by atomic mass is 9.93. The Hall–Kier alpha value is -9.24. The van der Waals surface area contributed by atoms with Gasteiger partial charge in [-0.05, 0) is 120 Å². The van der Waals surface area contributed by atoms with Crippen molar-refractivity contribution in [1.29, 1.82) is 0 Å². The van der Waals surface area contributed by atoms with Gasteiger partial charge < -0.3 is 9.30 Å². The number of para-hydroxylation sites is 2. The molecule has 0 spiro atoms. The topological polar surface area (TPSA) is 7.65 Å². The van der Waals surface area contributed by atoms with Gasteiger partial charge in [0.15, 0.2) is 0 Å². The van der Waals surface area contributed by atoms with Crippen LogP contribution >= 0.6 is 0 Å². The van der Waals surface area contributed by atoms with Crippen molar-refractivity contribution < 1.29 is 0 Å². The van der Waals surface area contributed by atoms with E-state index in [1.165, 1.54) is 98.2 Å². The van der Waals surface area contributed by atoms with E-state index >= 15 is 0 Å². The molecule has 0 saturated carbocycles. The van der Waals surface area contributed by atoms with E-state index in [2.05, 4.69) is 276 Å². The molecule has 0 aliphatic heterocycles. The van der Waals surface area contributed by atoms with E-state index in [0.29, 0.717) is 0 Å². The number of hydrogen-bond acceptors (Lipinski definition) is 1. The summed E-state index contributed by atoms with van der Waals surface area (Å²) >= 11 is 0. The van der Waals surface area contributed by atoms with Gasteiger partial charge in [-0.15, -0.1) is 0 Å². The number of aromatic nitrogens is 1. The number of fused-ring (bicyclic) bond motifs is 14. The molecule has 2 nitrogen and oxygen atoms in total. The van der Waals surface area contributed by atoms with Crippen molar-refractivity contribution in [1.82, 2.24) is 4.40 Å². The van der Waals surface area contributed by atoms with Gasteiger partial charge in [-0.25, -0.2) is 0 Å². The van der Waals surface area contributed by atoms with Crippen LogP contribution in [0.5, 0.6) is 0 Å². The van der Waals surface area contributed by atoms with Crippen molar-refractivity contribution in [2.45, 2.75) is 0 Å². The molecule has 0 saturated heterocycles. The normalized spacial score (nSPS) is 11.7. The third-order valence-corrected chi connectivity index (χ3v) is 14.5.